The molecule has 0 bridgehead atoms. The Labute approximate surface area is 176 Å². The summed E-state index contributed by atoms with van der Waals surface area (Å²) >= 11 is 0. The molecule has 0 radical (unpaired) electrons. The van der Waals surface area contributed by atoms with E-state index in [1.165, 1.54) is 12.1 Å². The fourth-order valence-electron chi connectivity index (χ4n) is 3.23. The van der Waals surface area contributed by atoms with Gasteiger partial charge in [0, 0.05) is 37.8 Å². The number of ether oxygens (including phenoxy) is 1. The molecule has 8 nitrogen and oxygen atoms in total. The van der Waals surface area contributed by atoms with Gasteiger partial charge in [0.15, 0.2) is 0 Å². The van der Waals surface area contributed by atoms with E-state index in [4.69, 9.17) is 4.74 Å². The first-order valence-corrected chi connectivity index (χ1v) is 11.1. The number of methoxy groups -OCH3 is 1. The Balaban J connectivity index is 1.49. The molecule has 160 valence electrons. The number of hydrogen-bond donors (Lipinski definition) is 2. The highest BCUT2D eigenvalue weighted by Gasteiger charge is 2.35. The van der Waals surface area contributed by atoms with Crippen molar-refractivity contribution in [3.05, 3.63) is 54.1 Å². The van der Waals surface area contributed by atoms with Crippen molar-refractivity contribution in [2.45, 2.75) is 18.2 Å². The minimum absolute atomic E-state index is 0.0578. The molecule has 1 atom stereocenters. The minimum Gasteiger partial charge on any atom is -0.497 e. The smallest absolute Gasteiger partial charge is 0.240 e. The summed E-state index contributed by atoms with van der Waals surface area (Å²) in [4.78, 5) is 26.5. The maximum absolute atomic E-state index is 12.4. The number of rotatable bonds is 8. The summed E-state index contributed by atoms with van der Waals surface area (Å²) in [5.74, 6) is -0.266. The molecule has 2 aromatic carbocycles. The van der Waals surface area contributed by atoms with E-state index < -0.39 is 15.9 Å². The highest BCUT2D eigenvalue weighted by Crippen LogP contribution is 2.27. The molecule has 1 aliphatic heterocycles. The normalized spacial score (nSPS) is 16.5. The SMILES string of the molecule is COc1cccc(N2C[C@@H](C(=O)NCCNS(=O)(=O)c3ccc(C)cc3)CC2=O)c1. The Kier molecular flexibility index (Phi) is 6.73. The number of nitrogens with one attached hydrogen (secondary N) is 2. The van der Waals surface area contributed by atoms with Gasteiger partial charge in [0.1, 0.15) is 5.75 Å². The molecule has 2 amide bonds. The minimum atomic E-state index is -3.63. The van der Waals surface area contributed by atoms with Crippen LogP contribution in [0.5, 0.6) is 5.75 Å². The van der Waals surface area contributed by atoms with Crippen LogP contribution in [0.1, 0.15) is 12.0 Å². The third-order valence-electron chi connectivity index (χ3n) is 4.91. The Morgan fingerprint density at radius 1 is 1.17 bits per heavy atom. The molecule has 0 aromatic heterocycles. The zero-order chi connectivity index (χ0) is 21.7. The van der Waals surface area contributed by atoms with Crippen LogP contribution < -0.4 is 19.7 Å². The second-order valence-electron chi connectivity index (χ2n) is 7.11. The third-order valence-corrected chi connectivity index (χ3v) is 6.39. The predicted molar refractivity (Wildman–Crippen MR) is 113 cm³/mol. The second-order valence-corrected chi connectivity index (χ2v) is 8.88. The van der Waals surface area contributed by atoms with E-state index in [9.17, 15) is 18.0 Å². The lowest BCUT2D eigenvalue weighted by molar-refractivity contribution is -0.126. The van der Waals surface area contributed by atoms with Gasteiger partial charge in [-0.3, -0.25) is 9.59 Å². The van der Waals surface area contributed by atoms with Gasteiger partial charge in [-0.05, 0) is 31.2 Å². The molecule has 9 heteroatoms. The van der Waals surface area contributed by atoms with Crippen LogP contribution in [0.15, 0.2) is 53.4 Å². The van der Waals surface area contributed by atoms with Gasteiger partial charge >= 0.3 is 0 Å². The summed E-state index contributed by atoms with van der Waals surface area (Å²) in [6.07, 6.45) is 0.109. The number of nitrogens with zero attached hydrogens (tertiary/aromatic N) is 1. The zero-order valence-electron chi connectivity index (χ0n) is 16.9. The number of aryl methyl sites for hydroxylation is 1. The quantitative estimate of drug-likeness (QED) is 0.616. The Morgan fingerprint density at radius 3 is 2.60 bits per heavy atom. The number of hydrogen-bond acceptors (Lipinski definition) is 5. The maximum Gasteiger partial charge on any atom is 0.240 e. The number of amides is 2. The first-order valence-electron chi connectivity index (χ1n) is 9.58. The van der Waals surface area contributed by atoms with Crippen molar-refractivity contribution in [2.24, 2.45) is 5.92 Å². The van der Waals surface area contributed by atoms with Crippen molar-refractivity contribution < 1.29 is 22.7 Å². The third kappa shape index (κ3) is 5.17. The predicted octanol–water partition coefficient (Wildman–Crippen LogP) is 1.45. The molecule has 0 saturated carbocycles. The molecule has 1 aliphatic rings. The summed E-state index contributed by atoms with van der Waals surface area (Å²) < 4.78 is 32.2. The van der Waals surface area contributed by atoms with Crippen molar-refractivity contribution in [1.29, 1.82) is 0 Å². The lowest BCUT2D eigenvalue weighted by Crippen LogP contribution is -2.38. The van der Waals surface area contributed by atoms with Gasteiger partial charge in [0.05, 0.1) is 17.9 Å². The lowest BCUT2D eigenvalue weighted by atomic mass is 10.1. The average molecular weight is 432 g/mol. The van der Waals surface area contributed by atoms with Crippen LogP contribution >= 0.6 is 0 Å². The number of sulfonamides is 1. The molecule has 1 heterocycles. The molecule has 0 unspecified atom stereocenters. The van der Waals surface area contributed by atoms with Gasteiger partial charge in [-0.15, -0.1) is 0 Å². The molecule has 0 aliphatic carbocycles. The standard InChI is InChI=1S/C21H25N3O5S/c1-15-6-8-19(9-7-15)30(27,28)23-11-10-22-21(26)16-12-20(25)24(14-16)17-4-3-5-18(13-17)29-2/h3-9,13,16,23H,10-12,14H2,1-2H3,(H,22,26)/t16-/m0/s1. The zero-order valence-corrected chi connectivity index (χ0v) is 17.7. The topological polar surface area (TPSA) is 105 Å². The van der Waals surface area contributed by atoms with Gasteiger partial charge in [-0.2, -0.15) is 0 Å². The molecule has 2 N–H and O–H groups in total. The largest absolute Gasteiger partial charge is 0.497 e. The van der Waals surface area contributed by atoms with Crippen LogP contribution in [0.2, 0.25) is 0 Å². The maximum atomic E-state index is 12.4. The van der Waals surface area contributed by atoms with Crippen LogP contribution in [-0.2, 0) is 19.6 Å². The average Bonchev–Trinajstić information content (AvgIpc) is 3.13. The fraction of sp³-hybridized carbons (Fsp3) is 0.333. The van der Waals surface area contributed by atoms with Crippen molar-refractivity contribution in [1.82, 2.24) is 10.0 Å². The van der Waals surface area contributed by atoms with Crippen molar-refractivity contribution >= 4 is 27.5 Å². The molecular weight excluding hydrogens is 406 g/mol. The Bertz CT molecular complexity index is 1020. The summed E-state index contributed by atoms with van der Waals surface area (Å²) in [7, 11) is -2.08. The van der Waals surface area contributed by atoms with Gasteiger partial charge in [-0.25, -0.2) is 13.1 Å². The highest BCUT2D eigenvalue weighted by molar-refractivity contribution is 7.89. The monoisotopic (exact) mass is 431 g/mol. The van der Waals surface area contributed by atoms with Gasteiger partial charge in [0.2, 0.25) is 21.8 Å². The van der Waals surface area contributed by atoms with Crippen molar-refractivity contribution in [3.8, 4) is 5.75 Å². The first-order chi connectivity index (χ1) is 14.3. The van der Waals surface area contributed by atoms with Gasteiger partial charge in [-0.1, -0.05) is 23.8 Å². The van der Waals surface area contributed by atoms with Crippen LogP contribution in [0.3, 0.4) is 0 Å². The van der Waals surface area contributed by atoms with E-state index in [0.717, 1.165) is 5.56 Å². The first kappa shape index (κ1) is 21.8. The summed E-state index contributed by atoms with van der Waals surface area (Å²) in [6, 6.07) is 13.6. The van der Waals surface area contributed by atoms with E-state index >= 15 is 0 Å². The molecule has 30 heavy (non-hydrogen) atoms. The van der Waals surface area contributed by atoms with E-state index in [-0.39, 0.29) is 42.8 Å². The van der Waals surface area contributed by atoms with E-state index in [2.05, 4.69) is 10.0 Å². The van der Waals surface area contributed by atoms with Gasteiger partial charge < -0.3 is 15.0 Å². The summed E-state index contributed by atoms with van der Waals surface area (Å²) in [6.45, 7) is 2.34. The van der Waals surface area contributed by atoms with Crippen LogP contribution in [0, 0.1) is 12.8 Å². The summed E-state index contributed by atoms with van der Waals surface area (Å²) in [5.41, 5.74) is 1.65. The summed E-state index contributed by atoms with van der Waals surface area (Å²) in [5, 5.41) is 2.70. The number of anilines is 1. The van der Waals surface area contributed by atoms with E-state index in [0.29, 0.717) is 11.4 Å². The van der Waals surface area contributed by atoms with Gasteiger partial charge in [0.25, 0.3) is 0 Å². The van der Waals surface area contributed by atoms with Crippen LogP contribution in [-0.4, -0.2) is 47.0 Å². The van der Waals surface area contributed by atoms with Crippen LogP contribution in [0.4, 0.5) is 5.69 Å². The van der Waals surface area contributed by atoms with Crippen molar-refractivity contribution in [2.75, 3.05) is 31.6 Å². The number of carbonyl (C=O) groups is 2. The molecule has 2 aromatic rings. The molecule has 3 rings (SSSR count). The molecule has 1 saturated heterocycles. The Morgan fingerprint density at radius 2 is 1.90 bits per heavy atom. The molecule has 0 spiro atoms. The number of benzene rings is 2. The fourth-order valence-corrected chi connectivity index (χ4v) is 4.26. The lowest BCUT2D eigenvalue weighted by Gasteiger charge is -2.17. The van der Waals surface area contributed by atoms with E-state index in [1.54, 1.807) is 48.4 Å². The number of carbonyl (C=O) groups excluding carboxylic acids is 2. The molecule has 1 fully saturated rings. The van der Waals surface area contributed by atoms with E-state index in [1.807, 2.05) is 6.92 Å². The molecular formula is C21H25N3O5S. The Hall–Kier alpha value is -2.91. The van der Waals surface area contributed by atoms with Crippen LogP contribution in [0.25, 0.3) is 0 Å². The van der Waals surface area contributed by atoms with Crippen molar-refractivity contribution in [3.63, 3.8) is 0 Å². The highest BCUT2D eigenvalue weighted by atomic mass is 32.2. The second kappa shape index (κ2) is 9.27.